The van der Waals surface area contributed by atoms with Crippen LogP contribution in [0.3, 0.4) is 0 Å². The molecule has 1 saturated carbocycles. The van der Waals surface area contributed by atoms with Crippen molar-refractivity contribution in [1.29, 1.82) is 0 Å². The summed E-state index contributed by atoms with van der Waals surface area (Å²) in [4.78, 5) is 5.65. The third-order valence-electron chi connectivity index (χ3n) is 4.01. The first kappa shape index (κ1) is 14.3. The average molecular weight is 327 g/mol. The maximum atomic E-state index is 6.09. The predicted molar refractivity (Wildman–Crippen MR) is 89.2 cm³/mol. The first-order valence-electron chi connectivity index (χ1n) is 6.97. The van der Waals surface area contributed by atoms with E-state index in [1.807, 2.05) is 12.1 Å². The van der Waals surface area contributed by atoms with Crippen LogP contribution in [0.25, 0.3) is 0 Å². The van der Waals surface area contributed by atoms with Crippen LogP contribution in [0.2, 0.25) is 10.0 Å². The van der Waals surface area contributed by atoms with Crippen LogP contribution in [-0.2, 0) is 0 Å². The molecule has 3 rings (SSSR count). The number of rotatable bonds is 1. The van der Waals surface area contributed by atoms with E-state index in [1.165, 1.54) is 25.7 Å². The molecule has 106 valence electrons. The van der Waals surface area contributed by atoms with E-state index in [0.29, 0.717) is 10.0 Å². The molecule has 2 aliphatic rings. The van der Waals surface area contributed by atoms with Gasteiger partial charge < -0.3 is 5.32 Å². The quantitative estimate of drug-likeness (QED) is 0.752. The summed E-state index contributed by atoms with van der Waals surface area (Å²) >= 11 is 17.5. The zero-order valence-corrected chi connectivity index (χ0v) is 13.4. The molecule has 1 N–H and O–H groups in total. The SMILES string of the molecule is S=C1NC2(CCCCCC2)N=C1c1ccc(Cl)c(Cl)c1. The first-order chi connectivity index (χ1) is 9.60. The molecule has 0 radical (unpaired) electrons. The van der Waals surface area contributed by atoms with Gasteiger partial charge in [0.1, 0.15) is 16.4 Å². The van der Waals surface area contributed by atoms with Gasteiger partial charge in [-0.05, 0) is 37.8 Å². The Hall–Kier alpha value is -0.640. The summed E-state index contributed by atoms with van der Waals surface area (Å²) in [5.74, 6) is 0. The lowest BCUT2D eigenvalue weighted by molar-refractivity contribution is 0.360. The molecule has 0 unspecified atom stereocenters. The van der Waals surface area contributed by atoms with E-state index in [2.05, 4.69) is 5.32 Å². The predicted octanol–water partition coefficient (Wildman–Crippen LogP) is 4.76. The largest absolute Gasteiger partial charge is 0.351 e. The molecule has 1 aliphatic carbocycles. The molecule has 0 aromatic heterocycles. The van der Waals surface area contributed by atoms with Gasteiger partial charge in [0.2, 0.25) is 0 Å². The molecule has 1 fully saturated rings. The number of hydrogen-bond donors (Lipinski definition) is 1. The highest BCUT2D eigenvalue weighted by molar-refractivity contribution is 7.82. The second-order valence-electron chi connectivity index (χ2n) is 5.49. The minimum Gasteiger partial charge on any atom is -0.351 e. The van der Waals surface area contributed by atoms with Crippen molar-refractivity contribution in [1.82, 2.24) is 5.32 Å². The maximum absolute atomic E-state index is 6.09. The van der Waals surface area contributed by atoms with Crippen LogP contribution in [-0.4, -0.2) is 16.4 Å². The highest BCUT2D eigenvalue weighted by Gasteiger charge is 2.37. The molecule has 1 spiro atoms. The lowest BCUT2D eigenvalue weighted by Crippen LogP contribution is -2.41. The Morgan fingerprint density at radius 3 is 2.40 bits per heavy atom. The fourth-order valence-corrected chi connectivity index (χ4v) is 3.60. The van der Waals surface area contributed by atoms with Crippen LogP contribution in [0, 0.1) is 0 Å². The van der Waals surface area contributed by atoms with E-state index < -0.39 is 0 Å². The van der Waals surface area contributed by atoms with Gasteiger partial charge in [-0.25, -0.2) is 0 Å². The van der Waals surface area contributed by atoms with E-state index in [9.17, 15) is 0 Å². The van der Waals surface area contributed by atoms with E-state index in [4.69, 9.17) is 40.4 Å². The Kier molecular flexibility index (Phi) is 4.02. The summed E-state index contributed by atoms with van der Waals surface area (Å²) in [7, 11) is 0. The fraction of sp³-hybridized carbons (Fsp3) is 0.467. The molecule has 20 heavy (non-hydrogen) atoms. The third-order valence-corrected chi connectivity index (χ3v) is 5.05. The lowest BCUT2D eigenvalue weighted by Gasteiger charge is -2.24. The summed E-state index contributed by atoms with van der Waals surface area (Å²) in [6.45, 7) is 0. The first-order valence-corrected chi connectivity index (χ1v) is 8.14. The molecule has 0 atom stereocenters. The maximum Gasteiger partial charge on any atom is 0.131 e. The normalized spacial score (nSPS) is 21.5. The van der Waals surface area contributed by atoms with Crippen LogP contribution in [0.4, 0.5) is 0 Å². The van der Waals surface area contributed by atoms with Gasteiger partial charge in [0.05, 0.1) is 10.0 Å². The Labute approximate surface area is 134 Å². The molecule has 0 amide bonds. The summed E-state index contributed by atoms with van der Waals surface area (Å²) in [6, 6.07) is 5.56. The topological polar surface area (TPSA) is 24.4 Å². The molecular formula is C15H16Cl2N2S. The average Bonchev–Trinajstić information content (AvgIpc) is 2.59. The molecule has 0 bridgehead atoms. The van der Waals surface area contributed by atoms with Gasteiger partial charge in [-0.1, -0.05) is 54.3 Å². The molecule has 1 aliphatic heterocycles. The minimum absolute atomic E-state index is 0.185. The second-order valence-corrected chi connectivity index (χ2v) is 6.71. The van der Waals surface area contributed by atoms with Crippen molar-refractivity contribution >= 4 is 46.1 Å². The van der Waals surface area contributed by atoms with Crippen molar-refractivity contribution < 1.29 is 0 Å². The highest BCUT2D eigenvalue weighted by Crippen LogP contribution is 2.33. The van der Waals surface area contributed by atoms with Crippen LogP contribution < -0.4 is 5.32 Å². The number of hydrogen-bond acceptors (Lipinski definition) is 2. The Bertz CT molecular complexity index is 575. The van der Waals surface area contributed by atoms with Gasteiger partial charge in [-0.2, -0.15) is 0 Å². The molecule has 0 saturated heterocycles. The minimum atomic E-state index is -0.185. The van der Waals surface area contributed by atoms with Gasteiger partial charge >= 0.3 is 0 Å². The summed E-state index contributed by atoms with van der Waals surface area (Å²) in [5, 5.41) is 4.53. The van der Waals surface area contributed by atoms with Crippen molar-refractivity contribution in [3.8, 4) is 0 Å². The van der Waals surface area contributed by atoms with E-state index in [0.717, 1.165) is 29.1 Å². The number of aliphatic imine (C=N–C) groups is 1. The van der Waals surface area contributed by atoms with Gasteiger partial charge in [-0.3, -0.25) is 4.99 Å². The van der Waals surface area contributed by atoms with Gasteiger partial charge in [0.15, 0.2) is 0 Å². The van der Waals surface area contributed by atoms with Crippen LogP contribution in [0.15, 0.2) is 23.2 Å². The van der Waals surface area contributed by atoms with Crippen LogP contribution >= 0.6 is 35.4 Å². The van der Waals surface area contributed by atoms with E-state index in [-0.39, 0.29) is 5.66 Å². The van der Waals surface area contributed by atoms with E-state index in [1.54, 1.807) is 6.07 Å². The molecular weight excluding hydrogens is 311 g/mol. The fourth-order valence-electron chi connectivity index (χ4n) is 2.95. The molecule has 5 heteroatoms. The number of nitrogens with zero attached hydrogens (tertiary/aromatic N) is 1. The van der Waals surface area contributed by atoms with Crippen molar-refractivity contribution in [3.05, 3.63) is 33.8 Å². The van der Waals surface area contributed by atoms with Crippen molar-refractivity contribution in [2.75, 3.05) is 0 Å². The molecule has 2 nitrogen and oxygen atoms in total. The van der Waals surface area contributed by atoms with Crippen molar-refractivity contribution in [3.63, 3.8) is 0 Å². The smallest absolute Gasteiger partial charge is 0.131 e. The molecule has 1 aromatic carbocycles. The van der Waals surface area contributed by atoms with Crippen molar-refractivity contribution in [2.45, 2.75) is 44.2 Å². The number of nitrogens with one attached hydrogen (secondary N) is 1. The zero-order valence-electron chi connectivity index (χ0n) is 11.1. The lowest BCUT2D eigenvalue weighted by atomic mass is 10.0. The third kappa shape index (κ3) is 2.72. The number of benzene rings is 1. The Morgan fingerprint density at radius 2 is 1.75 bits per heavy atom. The zero-order chi connectivity index (χ0) is 14.2. The van der Waals surface area contributed by atoms with Gasteiger partial charge in [0, 0.05) is 5.56 Å². The van der Waals surface area contributed by atoms with Crippen LogP contribution in [0.1, 0.15) is 44.1 Å². The van der Waals surface area contributed by atoms with Gasteiger partial charge in [-0.15, -0.1) is 0 Å². The summed E-state index contributed by atoms with van der Waals surface area (Å²) < 4.78 is 0. The van der Waals surface area contributed by atoms with Crippen molar-refractivity contribution in [2.24, 2.45) is 4.99 Å². The number of thiocarbonyl (C=S) groups is 1. The second kappa shape index (κ2) is 5.63. The summed E-state index contributed by atoms with van der Waals surface area (Å²) in [5.41, 5.74) is 1.60. The highest BCUT2D eigenvalue weighted by atomic mass is 35.5. The summed E-state index contributed by atoms with van der Waals surface area (Å²) in [6.07, 6.45) is 7.08. The number of halogens is 2. The monoisotopic (exact) mass is 326 g/mol. The Morgan fingerprint density at radius 1 is 1.05 bits per heavy atom. The van der Waals surface area contributed by atoms with Gasteiger partial charge in [0.25, 0.3) is 0 Å². The van der Waals surface area contributed by atoms with E-state index >= 15 is 0 Å². The Balaban J connectivity index is 1.95. The molecule has 1 heterocycles. The molecule has 1 aromatic rings. The standard InChI is InChI=1S/C15H16Cl2N2S/c16-11-6-5-10(9-12(11)17)13-14(20)19-15(18-13)7-3-1-2-4-8-15/h5-6,9H,1-4,7-8H2,(H,19,20). The van der Waals surface area contributed by atoms with Crippen LogP contribution in [0.5, 0.6) is 0 Å².